The van der Waals surface area contributed by atoms with Gasteiger partial charge in [0.25, 0.3) is 0 Å². The van der Waals surface area contributed by atoms with Gasteiger partial charge in [-0.1, -0.05) is 41.4 Å². The molecule has 0 saturated carbocycles. The van der Waals surface area contributed by atoms with Crippen LogP contribution in [0.15, 0.2) is 56.5 Å². The van der Waals surface area contributed by atoms with E-state index in [1.807, 2.05) is 24.3 Å². The van der Waals surface area contributed by atoms with Gasteiger partial charge in [0.15, 0.2) is 5.96 Å². The predicted octanol–water partition coefficient (Wildman–Crippen LogP) is 4.12. The quantitative estimate of drug-likeness (QED) is 0.366. The second-order valence-electron chi connectivity index (χ2n) is 6.60. The largest absolute Gasteiger partial charge is 0.469 e. The van der Waals surface area contributed by atoms with Crippen molar-refractivity contribution in [2.75, 3.05) is 19.7 Å². The van der Waals surface area contributed by atoms with Gasteiger partial charge >= 0.3 is 0 Å². The van der Waals surface area contributed by atoms with Crippen LogP contribution < -0.4 is 10.6 Å². The van der Waals surface area contributed by atoms with E-state index in [0.717, 1.165) is 60.5 Å². The van der Waals surface area contributed by atoms with Gasteiger partial charge in [0.05, 0.1) is 12.8 Å². The molecule has 0 bridgehead atoms. The van der Waals surface area contributed by atoms with Crippen LogP contribution in [-0.4, -0.2) is 30.8 Å². The highest BCUT2D eigenvalue weighted by Crippen LogP contribution is 2.11. The molecule has 1 aromatic carbocycles. The molecule has 148 valence electrons. The summed E-state index contributed by atoms with van der Waals surface area (Å²) in [6.07, 6.45) is 5.53. The fourth-order valence-corrected chi connectivity index (χ4v) is 3.14. The van der Waals surface area contributed by atoms with E-state index in [2.05, 4.69) is 45.6 Å². The lowest BCUT2D eigenvalue weighted by Gasteiger charge is -2.18. The molecule has 0 fully saturated rings. The summed E-state index contributed by atoms with van der Waals surface area (Å²) < 4.78 is 6.45. The Bertz CT molecular complexity index is 651. The van der Waals surface area contributed by atoms with Crippen LogP contribution in [0.4, 0.5) is 0 Å². The van der Waals surface area contributed by atoms with Crippen LogP contribution in [0.1, 0.15) is 37.5 Å². The average Bonchev–Trinajstić information content (AvgIpc) is 3.18. The molecule has 3 N–H and O–H groups in total. The number of hydrogen-bond acceptors (Lipinski definition) is 3. The molecule has 0 saturated heterocycles. The van der Waals surface area contributed by atoms with Crippen LogP contribution in [0.5, 0.6) is 0 Å². The number of furan rings is 1. The Morgan fingerprint density at radius 2 is 2.00 bits per heavy atom. The molecule has 1 unspecified atom stereocenters. The van der Waals surface area contributed by atoms with E-state index in [4.69, 9.17) is 9.41 Å². The molecule has 1 atom stereocenters. The maximum Gasteiger partial charge on any atom is 0.191 e. The molecule has 0 spiro atoms. The summed E-state index contributed by atoms with van der Waals surface area (Å²) in [7, 11) is 0. The third-order valence-corrected chi connectivity index (χ3v) is 4.90. The van der Waals surface area contributed by atoms with E-state index in [1.165, 1.54) is 0 Å². The van der Waals surface area contributed by atoms with Gasteiger partial charge in [-0.25, -0.2) is 4.99 Å². The highest BCUT2D eigenvalue weighted by Gasteiger charge is 2.09. The zero-order valence-electron chi connectivity index (χ0n) is 16.0. The summed E-state index contributed by atoms with van der Waals surface area (Å²) in [4.78, 5) is 4.72. The number of nitrogens with one attached hydrogen (secondary N) is 2. The lowest BCUT2D eigenvalue weighted by molar-refractivity contribution is 0.251. The lowest BCUT2D eigenvalue weighted by Crippen LogP contribution is -2.41. The van der Waals surface area contributed by atoms with Crippen molar-refractivity contribution < 1.29 is 9.52 Å². The van der Waals surface area contributed by atoms with Gasteiger partial charge in [-0.3, -0.25) is 0 Å². The number of aliphatic imine (C=N–C) groups is 1. The smallest absolute Gasteiger partial charge is 0.191 e. The number of guanidine groups is 1. The summed E-state index contributed by atoms with van der Waals surface area (Å²) in [5, 5.41) is 16.1. The van der Waals surface area contributed by atoms with Crippen molar-refractivity contribution in [3.8, 4) is 0 Å². The first-order valence-corrected chi connectivity index (χ1v) is 10.4. The van der Waals surface area contributed by atoms with Crippen LogP contribution in [0.3, 0.4) is 0 Å². The molecule has 5 nitrogen and oxygen atoms in total. The van der Waals surface area contributed by atoms with Crippen LogP contribution in [0, 0.1) is 5.92 Å². The Labute approximate surface area is 170 Å². The van der Waals surface area contributed by atoms with Gasteiger partial charge in [0.1, 0.15) is 5.76 Å². The van der Waals surface area contributed by atoms with Gasteiger partial charge in [0, 0.05) is 30.6 Å². The molecular weight excluding hydrogens is 406 g/mol. The number of aliphatic hydroxyl groups excluding tert-OH is 1. The molecule has 27 heavy (non-hydrogen) atoms. The Balaban J connectivity index is 1.92. The van der Waals surface area contributed by atoms with Crippen molar-refractivity contribution in [1.29, 1.82) is 0 Å². The lowest BCUT2D eigenvalue weighted by atomic mass is 10.0. The van der Waals surface area contributed by atoms with Gasteiger partial charge < -0.3 is 20.2 Å². The molecule has 1 aromatic heterocycles. The van der Waals surface area contributed by atoms with E-state index >= 15 is 0 Å². The zero-order chi connectivity index (χ0) is 19.3. The number of rotatable bonds is 11. The van der Waals surface area contributed by atoms with Crippen LogP contribution in [-0.2, 0) is 13.0 Å². The molecule has 2 rings (SSSR count). The summed E-state index contributed by atoms with van der Waals surface area (Å²) in [5.74, 6) is 2.20. The monoisotopic (exact) mass is 435 g/mol. The third kappa shape index (κ3) is 8.63. The van der Waals surface area contributed by atoms with Crippen molar-refractivity contribution >= 4 is 21.9 Å². The molecular formula is C21H30BrN3O2. The maximum atomic E-state index is 9.26. The minimum Gasteiger partial charge on any atom is -0.469 e. The molecule has 1 heterocycles. The van der Waals surface area contributed by atoms with E-state index in [9.17, 15) is 5.11 Å². The van der Waals surface area contributed by atoms with Crippen molar-refractivity contribution in [1.82, 2.24) is 10.6 Å². The predicted molar refractivity (Wildman–Crippen MR) is 114 cm³/mol. The Morgan fingerprint density at radius 1 is 1.19 bits per heavy atom. The molecule has 0 aliphatic rings. The number of benzene rings is 1. The zero-order valence-corrected chi connectivity index (χ0v) is 17.5. The van der Waals surface area contributed by atoms with Crippen LogP contribution in [0.2, 0.25) is 0 Å². The standard InChI is InChI=1S/C21H30BrN3O2/c1-2-4-17(11-13-26)15-24-21(23-12-10-20-5-3-14-27-20)25-16-18-6-8-19(22)9-7-18/h3,5-9,14,17,26H,2,4,10-13,15-16H2,1H3,(H2,23,24,25). The molecule has 0 amide bonds. The Hall–Kier alpha value is -1.79. The minimum absolute atomic E-state index is 0.226. The fraction of sp³-hybridized carbons (Fsp3) is 0.476. The molecule has 6 heteroatoms. The van der Waals surface area contributed by atoms with E-state index in [1.54, 1.807) is 6.26 Å². The third-order valence-electron chi connectivity index (χ3n) is 4.37. The van der Waals surface area contributed by atoms with Gasteiger partial charge in [-0.15, -0.1) is 0 Å². The fourth-order valence-electron chi connectivity index (χ4n) is 2.87. The summed E-state index contributed by atoms with van der Waals surface area (Å²) >= 11 is 3.46. The van der Waals surface area contributed by atoms with Crippen molar-refractivity contribution in [2.24, 2.45) is 10.9 Å². The second-order valence-corrected chi connectivity index (χ2v) is 7.51. The van der Waals surface area contributed by atoms with Crippen LogP contribution >= 0.6 is 15.9 Å². The number of aliphatic hydroxyl groups is 1. The van der Waals surface area contributed by atoms with Crippen LogP contribution in [0.25, 0.3) is 0 Å². The molecule has 0 radical (unpaired) electrons. The first-order valence-electron chi connectivity index (χ1n) is 9.61. The van der Waals surface area contributed by atoms with Crippen molar-refractivity contribution in [3.05, 3.63) is 58.5 Å². The van der Waals surface area contributed by atoms with Crippen molar-refractivity contribution in [2.45, 2.75) is 39.2 Å². The number of halogens is 1. The first-order chi connectivity index (χ1) is 13.2. The van der Waals surface area contributed by atoms with E-state index in [-0.39, 0.29) is 6.61 Å². The van der Waals surface area contributed by atoms with Crippen molar-refractivity contribution in [3.63, 3.8) is 0 Å². The Morgan fingerprint density at radius 3 is 2.67 bits per heavy atom. The second kappa shape index (κ2) is 12.6. The van der Waals surface area contributed by atoms with Gasteiger partial charge in [-0.05, 0) is 48.6 Å². The summed E-state index contributed by atoms with van der Waals surface area (Å²) in [5.41, 5.74) is 1.16. The van der Waals surface area contributed by atoms with Gasteiger partial charge in [0.2, 0.25) is 0 Å². The highest BCUT2D eigenvalue weighted by molar-refractivity contribution is 9.10. The Kier molecular flexibility index (Phi) is 10.0. The minimum atomic E-state index is 0.226. The maximum absolute atomic E-state index is 9.26. The number of hydrogen-bond donors (Lipinski definition) is 3. The summed E-state index contributed by atoms with van der Waals surface area (Å²) in [6, 6.07) is 12.1. The molecule has 0 aliphatic heterocycles. The number of nitrogens with zero attached hydrogens (tertiary/aromatic N) is 1. The van der Waals surface area contributed by atoms with E-state index in [0.29, 0.717) is 12.5 Å². The van der Waals surface area contributed by atoms with Gasteiger partial charge in [-0.2, -0.15) is 0 Å². The topological polar surface area (TPSA) is 69.8 Å². The summed E-state index contributed by atoms with van der Waals surface area (Å²) in [6.45, 7) is 4.57. The SMILES string of the molecule is CCCC(CCO)CNC(=NCc1ccc(Br)cc1)NCCc1ccco1. The molecule has 0 aliphatic carbocycles. The van der Waals surface area contributed by atoms with E-state index < -0.39 is 0 Å². The average molecular weight is 436 g/mol. The normalized spacial score (nSPS) is 12.8. The molecule has 2 aromatic rings. The first kappa shape index (κ1) is 21.5. The highest BCUT2D eigenvalue weighted by atomic mass is 79.9.